The molecule has 0 saturated carbocycles. The van der Waals surface area contributed by atoms with Crippen LogP contribution in [0.1, 0.15) is 17.2 Å². The molecule has 1 fully saturated rings. The molecule has 0 radical (unpaired) electrons. The highest BCUT2D eigenvalue weighted by Crippen LogP contribution is 2.40. The molecule has 1 aliphatic rings. The molecular weight excluding hydrogens is 365 g/mol. The van der Waals surface area contributed by atoms with Gasteiger partial charge in [-0.2, -0.15) is 0 Å². The van der Waals surface area contributed by atoms with Crippen molar-refractivity contribution in [1.82, 2.24) is 4.90 Å². The molecule has 0 aliphatic carbocycles. The summed E-state index contributed by atoms with van der Waals surface area (Å²) in [6.07, 6.45) is 0. The van der Waals surface area contributed by atoms with Gasteiger partial charge in [0.25, 0.3) is 11.7 Å². The van der Waals surface area contributed by atoms with Gasteiger partial charge < -0.3 is 19.5 Å². The highest BCUT2D eigenvalue weighted by atomic mass is 19.1. The van der Waals surface area contributed by atoms with Gasteiger partial charge in [-0.05, 0) is 30.3 Å². The average Bonchev–Trinajstić information content (AvgIpc) is 2.96. The third-order valence-electron chi connectivity index (χ3n) is 4.64. The van der Waals surface area contributed by atoms with Crippen LogP contribution in [0.3, 0.4) is 0 Å². The fraction of sp³-hybridized carbons (Fsp3) is 0.238. The first kappa shape index (κ1) is 19.6. The number of rotatable bonds is 6. The van der Waals surface area contributed by atoms with Crippen LogP contribution in [0.4, 0.5) is 4.39 Å². The topological polar surface area (TPSA) is 76.1 Å². The predicted molar refractivity (Wildman–Crippen MR) is 100 cm³/mol. The molecule has 1 N–H and O–H groups in total. The van der Waals surface area contributed by atoms with Gasteiger partial charge in [0.2, 0.25) is 0 Å². The SMILES string of the molecule is COCCN1C(=O)C(=O)C(=C(O)c2ccc(OC)cc2)[C@H]1c1ccccc1F. The third-order valence-corrected chi connectivity index (χ3v) is 4.64. The van der Waals surface area contributed by atoms with Gasteiger partial charge in [0.15, 0.2) is 0 Å². The quantitative estimate of drug-likeness (QED) is 0.470. The number of hydrogen-bond donors (Lipinski definition) is 1. The van der Waals surface area contributed by atoms with Crippen molar-refractivity contribution in [3.05, 3.63) is 71.0 Å². The summed E-state index contributed by atoms with van der Waals surface area (Å²) >= 11 is 0. The first-order chi connectivity index (χ1) is 13.5. The van der Waals surface area contributed by atoms with E-state index in [1.54, 1.807) is 30.3 Å². The number of aliphatic hydroxyl groups is 1. The first-order valence-corrected chi connectivity index (χ1v) is 8.65. The van der Waals surface area contributed by atoms with Crippen molar-refractivity contribution in [3.8, 4) is 5.75 Å². The molecule has 0 bridgehead atoms. The van der Waals surface area contributed by atoms with Gasteiger partial charge in [0.05, 0.1) is 25.3 Å². The number of carbonyl (C=O) groups excluding carboxylic acids is 2. The summed E-state index contributed by atoms with van der Waals surface area (Å²) in [6, 6.07) is 11.2. The number of aliphatic hydroxyl groups excluding tert-OH is 1. The molecule has 28 heavy (non-hydrogen) atoms. The molecule has 0 spiro atoms. The summed E-state index contributed by atoms with van der Waals surface area (Å²) in [4.78, 5) is 26.5. The van der Waals surface area contributed by atoms with Crippen molar-refractivity contribution in [2.24, 2.45) is 0 Å². The number of amides is 1. The van der Waals surface area contributed by atoms with Crippen LogP contribution < -0.4 is 4.74 Å². The van der Waals surface area contributed by atoms with Crippen LogP contribution in [0, 0.1) is 5.82 Å². The Morgan fingerprint density at radius 3 is 2.39 bits per heavy atom. The Labute approximate surface area is 161 Å². The molecule has 7 heteroatoms. The normalized spacial score (nSPS) is 18.5. The van der Waals surface area contributed by atoms with E-state index in [9.17, 15) is 19.1 Å². The zero-order valence-electron chi connectivity index (χ0n) is 15.5. The second kappa shape index (κ2) is 8.22. The van der Waals surface area contributed by atoms with Gasteiger partial charge in [0.1, 0.15) is 17.3 Å². The molecule has 3 rings (SSSR count). The zero-order valence-corrected chi connectivity index (χ0v) is 15.5. The number of likely N-dealkylation sites (tertiary alicyclic amines) is 1. The maximum atomic E-state index is 14.5. The Morgan fingerprint density at radius 1 is 1.11 bits per heavy atom. The van der Waals surface area contributed by atoms with E-state index in [0.717, 1.165) is 0 Å². The van der Waals surface area contributed by atoms with Crippen LogP contribution in [0.2, 0.25) is 0 Å². The molecule has 0 unspecified atom stereocenters. The number of halogens is 1. The number of carbonyl (C=O) groups is 2. The largest absolute Gasteiger partial charge is 0.507 e. The Morgan fingerprint density at radius 2 is 1.79 bits per heavy atom. The highest BCUT2D eigenvalue weighted by Gasteiger charge is 2.46. The summed E-state index contributed by atoms with van der Waals surface area (Å²) in [7, 11) is 2.97. The summed E-state index contributed by atoms with van der Waals surface area (Å²) in [5.41, 5.74) is 0.302. The molecule has 2 aromatic rings. The second-order valence-electron chi connectivity index (χ2n) is 6.24. The van der Waals surface area contributed by atoms with Crippen LogP contribution in [-0.4, -0.2) is 49.1 Å². The van der Waals surface area contributed by atoms with Gasteiger partial charge >= 0.3 is 0 Å². The number of ether oxygens (including phenoxy) is 2. The number of benzene rings is 2. The lowest BCUT2D eigenvalue weighted by Crippen LogP contribution is -2.33. The monoisotopic (exact) mass is 385 g/mol. The summed E-state index contributed by atoms with van der Waals surface area (Å²) in [5, 5.41) is 10.8. The Hall–Kier alpha value is -3.19. The smallest absolute Gasteiger partial charge is 0.295 e. The fourth-order valence-corrected chi connectivity index (χ4v) is 3.22. The van der Waals surface area contributed by atoms with Crippen molar-refractivity contribution < 1.29 is 28.6 Å². The van der Waals surface area contributed by atoms with Gasteiger partial charge in [0, 0.05) is 24.8 Å². The lowest BCUT2D eigenvalue weighted by Gasteiger charge is -2.25. The lowest BCUT2D eigenvalue weighted by molar-refractivity contribution is -0.140. The number of nitrogens with zero attached hydrogens (tertiary/aromatic N) is 1. The van der Waals surface area contributed by atoms with Crippen molar-refractivity contribution in [1.29, 1.82) is 0 Å². The van der Waals surface area contributed by atoms with Gasteiger partial charge in [-0.25, -0.2) is 4.39 Å². The minimum Gasteiger partial charge on any atom is -0.507 e. The first-order valence-electron chi connectivity index (χ1n) is 8.65. The van der Waals surface area contributed by atoms with E-state index in [-0.39, 0.29) is 30.0 Å². The summed E-state index contributed by atoms with van der Waals surface area (Å²) in [5.74, 6) is -2.03. The van der Waals surface area contributed by atoms with Crippen molar-refractivity contribution in [2.45, 2.75) is 6.04 Å². The third kappa shape index (κ3) is 3.48. The van der Waals surface area contributed by atoms with Crippen molar-refractivity contribution >= 4 is 17.4 Å². The zero-order chi connectivity index (χ0) is 20.3. The summed E-state index contributed by atoms with van der Waals surface area (Å²) < 4.78 is 24.6. The molecule has 0 aromatic heterocycles. The van der Waals surface area contributed by atoms with E-state index in [0.29, 0.717) is 11.3 Å². The maximum absolute atomic E-state index is 14.5. The van der Waals surface area contributed by atoms with Gasteiger partial charge in [-0.15, -0.1) is 0 Å². The molecule has 146 valence electrons. The van der Waals surface area contributed by atoms with Crippen molar-refractivity contribution in [3.63, 3.8) is 0 Å². The molecule has 6 nitrogen and oxygen atoms in total. The molecule has 1 heterocycles. The maximum Gasteiger partial charge on any atom is 0.295 e. The highest BCUT2D eigenvalue weighted by molar-refractivity contribution is 6.46. The Kier molecular flexibility index (Phi) is 5.75. The standard InChI is InChI=1S/C21H20FNO5/c1-27-12-11-23-18(15-5-3-4-6-16(15)22)17(20(25)21(23)26)19(24)13-7-9-14(28-2)10-8-13/h3-10,18,24H,11-12H2,1-2H3/t18-/m1/s1. The molecule has 1 saturated heterocycles. The minimum absolute atomic E-state index is 0.0828. The molecule has 1 atom stereocenters. The van der Waals surface area contributed by atoms with Crippen LogP contribution in [0.5, 0.6) is 5.75 Å². The van der Waals surface area contributed by atoms with E-state index >= 15 is 0 Å². The van der Waals surface area contributed by atoms with Gasteiger partial charge in [-0.1, -0.05) is 18.2 Å². The van der Waals surface area contributed by atoms with E-state index in [4.69, 9.17) is 9.47 Å². The lowest BCUT2D eigenvalue weighted by atomic mass is 9.95. The fourth-order valence-electron chi connectivity index (χ4n) is 3.22. The van der Waals surface area contributed by atoms with Gasteiger partial charge in [-0.3, -0.25) is 9.59 Å². The summed E-state index contributed by atoms with van der Waals surface area (Å²) in [6.45, 7) is 0.250. The number of ketones is 1. The van der Waals surface area contributed by atoms with Crippen LogP contribution in [0.25, 0.3) is 5.76 Å². The van der Waals surface area contributed by atoms with E-state index < -0.39 is 23.5 Å². The van der Waals surface area contributed by atoms with Crippen LogP contribution >= 0.6 is 0 Å². The van der Waals surface area contributed by atoms with Crippen LogP contribution in [0.15, 0.2) is 54.1 Å². The molecular formula is C21H20FNO5. The number of methoxy groups -OCH3 is 2. The molecule has 1 amide bonds. The minimum atomic E-state index is -1.04. The molecule has 1 aliphatic heterocycles. The number of Topliss-reactive ketones (excluding diaryl/α,β-unsaturated/α-hetero) is 1. The van der Waals surface area contributed by atoms with E-state index in [1.807, 2.05) is 0 Å². The average molecular weight is 385 g/mol. The van der Waals surface area contributed by atoms with Crippen molar-refractivity contribution in [2.75, 3.05) is 27.4 Å². The number of hydrogen-bond acceptors (Lipinski definition) is 5. The Bertz CT molecular complexity index is 923. The second-order valence-corrected chi connectivity index (χ2v) is 6.24. The predicted octanol–water partition coefficient (Wildman–Crippen LogP) is 2.90. The van der Waals surface area contributed by atoms with Crippen LogP contribution in [-0.2, 0) is 14.3 Å². The molecule has 2 aromatic carbocycles. The van der Waals surface area contributed by atoms with E-state index in [2.05, 4.69) is 0 Å². The Balaban J connectivity index is 2.16. The van der Waals surface area contributed by atoms with E-state index in [1.165, 1.54) is 37.3 Å².